The highest BCUT2D eigenvalue weighted by atomic mass is 16.5. The van der Waals surface area contributed by atoms with Crippen LogP contribution >= 0.6 is 0 Å². The SMILES string of the molecule is CCOc1ccc(N2C(=O)c3ccc(C(=O)OCC(=O)NC(C)C4CC4)cc3C2=O)cc1. The lowest BCUT2D eigenvalue weighted by molar-refractivity contribution is -0.125. The number of carbonyl (C=O) groups is 4. The Labute approximate surface area is 185 Å². The summed E-state index contributed by atoms with van der Waals surface area (Å²) >= 11 is 0. The van der Waals surface area contributed by atoms with Crippen LogP contribution in [0, 0.1) is 5.92 Å². The molecule has 2 aromatic rings. The van der Waals surface area contributed by atoms with E-state index in [-0.39, 0.29) is 28.6 Å². The highest BCUT2D eigenvalue weighted by Crippen LogP contribution is 2.32. The third kappa shape index (κ3) is 4.34. The number of nitrogens with zero attached hydrogens (tertiary/aromatic N) is 1. The number of anilines is 1. The molecular weight excluding hydrogens is 412 g/mol. The van der Waals surface area contributed by atoms with Gasteiger partial charge in [-0.15, -0.1) is 0 Å². The van der Waals surface area contributed by atoms with Gasteiger partial charge >= 0.3 is 5.97 Å². The molecule has 0 aromatic heterocycles. The summed E-state index contributed by atoms with van der Waals surface area (Å²) in [5.41, 5.74) is 0.827. The predicted octanol–water partition coefficient (Wildman–Crippen LogP) is 2.96. The van der Waals surface area contributed by atoms with Crippen molar-refractivity contribution in [3.05, 3.63) is 59.2 Å². The van der Waals surface area contributed by atoms with Crippen molar-refractivity contribution in [2.45, 2.75) is 32.7 Å². The Kier molecular flexibility index (Phi) is 5.94. The van der Waals surface area contributed by atoms with E-state index in [1.54, 1.807) is 24.3 Å². The molecule has 3 amide bonds. The number of nitrogens with one attached hydrogen (secondary N) is 1. The predicted molar refractivity (Wildman–Crippen MR) is 116 cm³/mol. The van der Waals surface area contributed by atoms with Crippen molar-refractivity contribution in [2.75, 3.05) is 18.1 Å². The standard InChI is InChI=1S/C24H24N2O6/c1-3-31-18-9-7-17(8-10-18)26-22(28)19-11-6-16(12-20(19)23(26)29)24(30)32-13-21(27)25-14(2)15-4-5-15/h6-12,14-15H,3-5,13H2,1-2H3,(H,25,27). The van der Waals surface area contributed by atoms with Gasteiger partial charge in [-0.05, 0) is 75.1 Å². The lowest BCUT2D eigenvalue weighted by atomic mass is 10.1. The second kappa shape index (κ2) is 8.82. The molecular formula is C24H24N2O6. The number of rotatable bonds is 8. The second-order valence-electron chi connectivity index (χ2n) is 7.90. The topological polar surface area (TPSA) is 102 Å². The Bertz CT molecular complexity index is 1070. The van der Waals surface area contributed by atoms with E-state index in [1.807, 2.05) is 13.8 Å². The van der Waals surface area contributed by atoms with Crippen LogP contribution in [0.3, 0.4) is 0 Å². The van der Waals surface area contributed by atoms with Gasteiger partial charge in [0, 0.05) is 6.04 Å². The van der Waals surface area contributed by atoms with Crippen LogP contribution in [0.25, 0.3) is 0 Å². The van der Waals surface area contributed by atoms with E-state index in [2.05, 4.69) is 5.32 Å². The minimum atomic E-state index is -0.734. The average Bonchev–Trinajstić information content (AvgIpc) is 3.60. The molecule has 0 bridgehead atoms. The van der Waals surface area contributed by atoms with Crippen LogP contribution < -0.4 is 15.0 Å². The average molecular weight is 436 g/mol. The molecule has 8 heteroatoms. The van der Waals surface area contributed by atoms with E-state index in [9.17, 15) is 19.2 Å². The van der Waals surface area contributed by atoms with Gasteiger partial charge in [0.2, 0.25) is 0 Å². The molecule has 1 aliphatic heterocycles. The van der Waals surface area contributed by atoms with E-state index in [1.165, 1.54) is 18.2 Å². The molecule has 1 aliphatic carbocycles. The minimum Gasteiger partial charge on any atom is -0.494 e. The highest BCUT2D eigenvalue weighted by Gasteiger charge is 2.37. The number of imide groups is 1. The molecule has 0 saturated heterocycles. The Hall–Kier alpha value is -3.68. The molecule has 1 unspecified atom stereocenters. The van der Waals surface area contributed by atoms with Gasteiger partial charge in [-0.25, -0.2) is 9.69 Å². The molecule has 1 atom stereocenters. The fourth-order valence-corrected chi connectivity index (χ4v) is 3.68. The van der Waals surface area contributed by atoms with Gasteiger partial charge in [0.05, 0.1) is 29.0 Å². The molecule has 8 nitrogen and oxygen atoms in total. The number of hydrogen-bond donors (Lipinski definition) is 1. The summed E-state index contributed by atoms with van der Waals surface area (Å²) in [6.07, 6.45) is 2.19. The Morgan fingerprint density at radius 1 is 1.06 bits per heavy atom. The van der Waals surface area contributed by atoms with Crippen LogP contribution in [0.15, 0.2) is 42.5 Å². The van der Waals surface area contributed by atoms with Crippen LogP contribution in [0.4, 0.5) is 5.69 Å². The second-order valence-corrected chi connectivity index (χ2v) is 7.90. The zero-order valence-electron chi connectivity index (χ0n) is 17.9. The Balaban J connectivity index is 1.43. The monoisotopic (exact) mass is 436 g/mol. The van der Waals surface area contributed by atoms with E-state index in [0.717, 1.165) is 17.7 Å². The Morgan fingerprint density at radius 2 is 1.75 bits per heavy atom. The van der Waals surface area contributed by atoms with Crippen molar-refractivity contribution in [1.82, 2.24) is 5.32 Å². The zero-order valence-corrected chi connectivity index (χ0v) is 17.9. The summed E-state index contributed by atoms with van der Waals surface area (Å²) in [5, 5.41) is 2.81. The van der Waals surface area contributed by atoms with Crippen molar-refractivity contribution < 1.29 is 28.7 Å². The number of fused-ring (bicyclic) bond motifs is 1. The van der Waals surface area contributed by atoms with Gasteiger partial charge in [0.1, 0.15) is 5.75 Å². The molecule has 2 aromatic carbocycles. The molecule has 1 saturated carbocycles. The summed E-state index contributed by atoms with van der Waals surface area (Å²) in [6.45, 7) is 3.89. The van der Waals surface area contributed by atoms with Crippen LogP contribution in [0.5, 0.6) is 5.75 Å². The molecule has 1 fully saturated rings. The van der Waals surface area contributed by atoms with Gasteiger partial charge in [0.15, 0.2) is 6.61 Å². The van der Waals surface area contributed by atoms with Crippen molar-refractivity contribution >= 4 is 29.4 Å². The van der Waals surface area contributed by atoms with Gasteiger partial charge in [-0.2, -0.15) is 0 Å². The fourth-order valence-electron chi connectivity index (χ4n) is 3.68. The van der Waals surface area contributed by atoms with E-state index < -0.39 is 24.4 Å². The molecule has 4 rings (SSSR count). The quantitative estimate of drug-likeness (QED) is 0.504. The number of benzene rings is 2. The highest BCUT2D eigenvalue weighted by molar-refractivity contribution is 6.34. The van der Waals surface area contributed by atoms with E-state index in [4.69, 9.17) is 9.47 Å². The van der Waals surface area contributed by atoms with E-state index in [0.29, 0.717) is 24.0 Å². The number of carbonyl (C=O) groups excluding carboxylic acids is 4. The van der Waals surface area contributed by atoms with Crippen molar-refractivity contribution in [1.29, 1.82) is 0 Å². The maximum Gasteiger partial charge on any atom is 0.338 e. The number of ether oxygens (including phenoxy) is 2. The number of amides is 3. The zero-order chi connectivity index (χ0) is 22.8. The first-order valence-electron chi connectivity index (χ1n) is 10.6. The minimum absolute atomic E-state index is 0.0541. The van der Waals surface area contributed by atoms with Crippen LogP contribution in [0.1, 0.15) is 57.8 Å². The van der Waals surface area contributed by atoms with Gasteiger partial charge in [0.25, 0.3) is 17.7 Å². The lowest BCUT2D eigenvalue weighted by Gasteiger charge is -2.14. The largest absolute Gasteiger partial charge is 0.494 e. The third-order valence-electron chi connectivity index (χ3n) is 5.58. The van der Waals surface area contributed by atoms with Gasteiger partial charge in [-0.3, -0.25) is 14.4 Å². The third-order valence-corrected chi connectivity index (χ3v) is 5.58. The smallest absolute Gasteiger partial charge is 0.338 e. The Morgan fingerprint density at radius 3 is 2.41 bits per heavy atom. The van der Waals surface area contributed by atoms with Crippen LogP contribution in [-0.4, -0.2) is 42.9 Å². The van der Waals surface area contributed by atoms with Crippen molar-refractivity contribution in [2.24, 2.45) is 5.92 Å². The van der Waals surface area contributed by atoms with Crippen LogP contribution in [0.2, 0.25) is 0 Å². The summed E-state index contributed by atoms with van der Waals surface area (Å²) in [5.74, 6) is -0.974. The first-order chi connectivity index (χ1) is 15.4. The van der Waals surface area contributed by atoms with Crippen molar-refractivity contribution in [3.8, 4) is 5.75 Å². The molecule has 166 valence electrons. The molecule has 2 aliphatic rings. The van der Waals surface area contributed by atoms with E-state index >= 15 is 0 Å². The summed E-state index contributed by atoms with van der Waals surface area (Å²) in [4.78, 5) is 51.1. The summed E-state index contributed by atoms with van der Waals surface area (Å²) in [6, 6.07) is 10.8. The lowest BCUT2D eigenvalue weighted by Crippen LogP contribution is -2.37. The number of hydrogen-bond acceptors (Lipinski definition) is 6. The molecule has 1 N–H and O–H groups in total. The molecule has 0 spiro atoms. The van der Waals surface area contributed by atoms with Crippen molar-refractivity contribution in [3.63, 3.8) is 0 Å². The maximum absolute atomic E-state index is 12.9. The first kappa shape index (κ1) is 21.5. The molecule has 32 heavy (non-hydrogen) atoms. The maximum atomic E-state index is 12.9. The molecule has 1 heterocycles. The first-order valence-corrected chi connectivity index (χ1v) is 10.6. The number of esters is 1. The van der Waals surface area contributed by atoms with Gasteiger partial charge in [-0.1, -0.05) is 0 Å². The van der Waals surface area contributed by atoms with Crippen LogP contribution in [-0.2, 0) is 9.53 Å². The summed E-state index contributed by atoms with van der Waals surface area (Å²) in [7, 11) is 0. The fraction of sp³-hybridized carbons (Fsp3) is 0.333. The normalized spacial score (nSPS) is 15.9. The van der Waals surface area contributed by atoms with Gasteiger partial charge < -0.3 is 14.8 Å². The molecule has 0 radical (unpaired) electrons. The summed E-state index contributed by atoms with van der Waals surface area (Å²) < 4.78 is 10.5.